The second-order valence-electron chi connectivity index (χ2n) is 6.09. The van der Waals surface area contributed by atoms with Crippen LogP contribution in [0.15, 0.2) is 60.8 Å². The first-order chi connectivity index (χ1) is 12.9. The third-order valence-corrected chi connectivity index (χ3v) is 4.11. The molecule has 2 aromatic carbocycles. The van der Waals surface area contributed by atoms with Gasteiger partial charge in [-0.15, -0.1) is 0 Å². The molecule has 0 bridgehead atoms. The Morgan fingerprint density at radius 1 is 1.07 bits per heavy atom. The molecule has 1 aromatic heterocycles. The zero-order valence-corrected chi connectivity index (χ0v) is 14.5. The molecule has 0 radical (unpaired) electrons. The van der Waals surface area contributed by atoms with Crippen molar-refractivity contribution in [3.8, 4) is 5.75 Å². The molecule has 1 amide bonds. The van der Waals surface area contributed by atoms with Crippen LogP contribution in [0.25, 0.3) is 10.9 Å². The Labute approximate surface area is 154 Å². The second-order valence-corrected chi connectivity index (χ2v) is 6.09. The summed E-state index contributed by atoms with van der Waals surface area (Å²) in [5, 5.41) is 3.87. The molecule has 0 saturated carbocycles. The van der Waals surface area contributed by atoms with E-state index in [-0.39, 0.29) is 18.3 Å². The molecule has 3 rings (SSSR count). The van der Waals surface area contributed by atoms with Crippen LogP contribution >= 0.6 is 0 Å². The number of nitrogens with one attached hydrogen (secondary N) is 1. The molecule has 1 heterocycles. The van der Waals surface area contributed by atoms with E-state index in [1.165, 1.54) is 12.1 Å². The molecule has 0 unspecified atom stereocenters. The highest BCUT2D eigenvalue weighted by atomic mass is 19.4. The Morgan fingerprint density at radius 3 is 2.70 bits per heavy atom. The van der Waals surface area contributed by atoms with Crippen LogP contribution in [0.3, 0.4) is 0 Å². The molecular weight excluding hydrogens is 357 g/mol. The van der Waals surface area contributed by atoms with Crippen molar-refractivity contribution in [2.24, 2.45) is 0 Å². The number of benzene rings is 2. The van der Waals surface area contributed by atoms with Gasteiger partial charge < -0.3 is 14.6 Å². The average molecular weight is 376 g/mol. The molecule has 0 saturated heterocycles. The van der Waals surface area contributed by atoms with Crippen molar-refractivity contribution in [2.75, 3.05) is 13.2 Å². The third-order valence-electron chi connectivity index (χ3n) is 4.11. The number of rotatable bonds is 7. The Kier molecular flexibility index (Phi) is 5.69. The fraction of sp³-hybridized carbons (Fsp3) is 0.250. The number of para-hydroxylation sites is 1. The fourth-order valence-electron chi connectivity index (χ4n) is 2.77. The number of aromatic nitrogens is 1. The summed E-state index contributed by atoms with van der Waals surface area (Å²) >= 11 is 0. The lowest BCUT2D eigenvalue weighted by Gasteiger charge is -2.11. The number of nitrogens with zero attached hydrogens (tertiary/aromatic N) is 1. The van der Waals surface area contributed by atoms with Gasteiger partial charge in [-0.2, -0.15) is 13.2 Å². The standard InChI is InChI=1S/C20H19F3N2O2/c21-20(22,23)16-6-3-7-17(13-16)27-14-19(26)24-10-4-11-25-12-9-15-5-1-2-8-18(15)25/h1-3,5-9,12-13H,4,10-11,14H2,(H,24,26). The lowest BCUT2D eigenvalue weighted by Crippen LogP contribution is -2.30. The number of hydrogen-bond donors (Lipinski definition) is 1. The molecular formula is C20H19F3N2O2. The van der Waals surface area contributed by atoms with Gasteiger partial charge in [0.05, 0.1) is 5.56 Å². The maximum Gasteiger partial charge on any atom is 0.416 e. The number of carbonyl (C=O) groups is 1. The van der Waals surface area contributed by atoms with Crippen molar-refractivity contribution in [1.82, 2.24) is 9.88 Å². The van der Waals surface area contributed by atoms with Crippen LogP contribution in [0.5, 0.6) is 5.75 Å². The van der Waals surface area contributed by atoms with Crippen LogP contribution < -0.4 is 10.1 Å². The molecule has 0 aliphatic heterocycles. The van der Waals surface area contributed by atoms with E-state index in [9.17, 15) is 18.0 Å². The predicted molar refractivity (Wildman–Crippen MR) is 96.5 cm³/mol. The number of ether oxygens (including phenoxy) is 1. The Morgan fingerprint density at radius 2 is 1.89 bits per heavy atom. The highest BCUT2D eigenvalue weighted by Crippen LogP contribution is 2.31. The zero-order valence-electron chi connectivity index (χ0n) is 14.5. The maximum atomic E-state index is 12.6. The number of halogens is 3. The number of carbonyl (C=O) groups excluding carboxylic acids is 1. The van der Waals surface area contributed by atoms with Crippen molar-refractivity contribution >= 4 is 16.8 Å². The Hall–Kier alpha value is -2.96. The van der Waals surface area contributed by atoms with Gasteiger partial charge >= 0.3 is 6.18 Å². The van der Waals surface area contributed by atoms with E-state index in [4.69, 9.17) is 4.74 Å². The number of hydrogen-bond acceptors (Lipinski definition) is 2. The van der Waals surface area contributed by atoms with Crippen LogP contribution in [0.4, 0.5) is 13.2 Å². The van der Waals surface area contributed by atoms with Crippen molar-refractivity contribution in [1.29, 1.82) is 0 Å². The molecule has 0 spiro atoms. The maximum absolute atomic E-state index is 12.6. The highest BCUT2D eigenvalue weighted by molar-refractivity contribution is 5.80. The van der Waals surface area contributed by atoms with Gasteiger partial charge in [-0.3, -0.25) is 4.79 Å². The van der Waals surface area contributed by atoms with E-state index < -0.39 is 11.7 Å². The van der Waals surface area contributed by atoms with Gasteiger partial charge in [0.25, 0.3) is 5.91 Å². The molecule has 1 N–H and O–H groups in total. The lowest BCUT2D eigenvalue weighted by molar-refractivity contribution is -0.137. The fourth-order valence-corrected chi connectivity index (χ4v) is 2.77. The molecule has 0 aliphatic rings. The number of aryl methyl sites for hydroxylation is 1. The van der Waals surface area contributed by atoms with Crippen LogP contribution in [0.2, 0.25) is 0 Å². The van der Waals surface area contributed by atoms with E-state index in [2.05, 4.69) is 9.88 Å². The number of fused-ring (bicyclic) bond motifs is 1. The Bertz CT molecular complexity index is 919. The lowest BCUT2D eigenvalue weighted by atomic mass is 10.2. The predicted octanol–water partition coefficient (Wildman–Crippen LogP) is 4.25. The molecule has 0 fully saturated rings. The first kappa shape index (κ1) is 18.8. The normalized spacial score (nSPS) is 11.5. The summed E-state index contributed by atoms with van der Waals surface area (Å²) in [6.07, 6.45) is -1.71. The molecule has 7 heteroatoms. The Balaban J connectivity index is 1.41. The first-order valence-corrected chi connectivity index (χ1v) is 8.54. The van der Waals surface area contributed by atoms with Gasteiger partial charge in [-0.1, -0.05) is 24.3 Å². The van der Waals surface area contributed by atoms with E-state index in [1.807, 2.05) is 36.5 Å². The van der Waals surface area contributed by atoms with E-state index in [0.717, 1.165) is 36.0 Å². The van der Waals surface area contributed by atoms with Gasteiger partial charge in [-0.25, -0.2) is 0 Å². The minimum atomic E-state index is -4.44. The van der Waals surface area contributed by atoms with Crippen molar-refractivity contribution in [3.63, 3.8) is 0 Å². The van der Waals surface area contributed by atoms with E-state index in [1.54, 1.807) is 0 Å². The quantitative estimate of drug-likeness (QED) is 0.627. The zero-order chi connectivity index (χ0) is 19.3. The van der Waals surface area contributed by atoms with Crippen molar-refractivity contribution < 1.29 is 22.7 Å². The van der Waals surface area contributed by atoms with Crippen LogP contribution in [0, 0.1) is 0 Å². The average Bonchev–Trinajstić information content (AvgIpc) is 3.06. The second kappa shape index (κ2) is 8.16. The third kappa shape index (κ3) is 5.03. The van der Waals surface area contributed by atoms with Gasteiger partial charge in [0.15, 0.2) is 6.61 Å². The summed E-state index contributed by atoms with van der Waals surface area (Å²) in [6.45, 7) is 0.882. The molecule has 0 atom stereocenters. The molecule has 142 valence electrons. The number of amides is 1. The van der Waals surface area contributed by atoms with Crippen LogP contribution in [0.1, 0.15) is 12.0 Å². The van der Waals surface area contributed by atoms with Crippen molar-refractivity contribution in [2.45, 2.75) is 19.1 Å². The van der Waals surface area contributed by atoms with E-state index in [0.29, 0.717) is 6.54 Å². The van der Waals surface area contributed by atoms with Gasteiger partial charge in [0.1, 0.15) is 5.75 Å². The van der Waals surface area contributed by atoms with Gasteiger partial charge in [0.2, 0.25) is 0 Å². The SMILES string of the molecule is O=C(COc1cccc(C(F)(F)F)c1)NCCCn1ccc2ccccc21. The highest BCUT2D eigenvalue weighted by Gasteiger charge is 2.30. The van der Waals surface area contributed by atoms with E-state index >= 15 is 0 Å². The smallest absolute Gasteiger partial charge is 0.416 e. The van der Waals surface area contributed by atoms with Crippen molar-refractivity contribution in [3.05, 3.63) is 66.4 Å². The van der Waals surface area contributed by atoms with Gasteiger partial charge in [0, 0.05) is 24.8 Å². The molecule has 4 nitrogen and oxygen atoms in total. The molecule has 3 aromatic rings. The summed E-state index contributed by atoms with van der Waals surface area (Å²) in [5.74, 6) is -0.358. The van der Waals surface area contributed by atoms with Crippen LogP contribution in [-0.4, -0.2) is 23.6 Å². The molecule has 0 aliphatic carbocycles. The summed E-state index contributed by atoms with van der Waals surface area (Å²) in [7, 11) is 0. The minimum absolute atomic E-state index is 0.0128. The molecule has 27 heavy (non-hydrogen) atoms. The summed E-state index contributed by atoms with van der Waals surface area (Å²) < 4.78 is 45.2. The topological polar surface area (TPSA) is 43.3 Å². The minimum Gasteiger partial charge on any atom is -0.484 e. The number of alkyl halides is 3. The monoisotopic (exact) mass is 376 g/mol. The summed E-state index contributed by atoms with van der Waals surface area (Å²) in [6, 6.07) is 14.6. The van der Waals surface area contributed by atoms with Crippen LogP contribution in [-0.2, 0) is 17.5 Å². The summed E-state index contributed by atoms with van der Waals surface area (Å²) in [5.41, 5.74) is 0.330. The summed E-state index contributed by atoms with van der Waals surface area (Å²) in [4.78, 5) is 11.8. The first-order valence-electron chi connectivity index (χ1n) is 8.54. The largest absolute Gasteiger partial charge is 0.484 e. The van der Waals surface area contributed by atoms with Gasteiger partial charge in [-0.05, 0) is 42.1 Å².